The number of fused-ring (bicyclic) bond motifs is 6. The fourth-order valence-corrected chi connectivity index (χ4v) is 4.53. The summed E-state index contributed by atoms with van der Waals surface area (Å²) < 4.78 is 82.3. The van der Waals surface area contributed by atoms with Crippen LogP contribution in [0.4, 0.5) is 30.7 Å². The molecule has 6 aromatic rings. The molecule has 1 heterocycles. The molecule has 1 radical (unpaired) electrons. The average molecular weight is 722 g/mol. The summed E-state index contributed by atoms with van der Waals surface area (Å²) in [6.07, 6.45) is -10.1. The van der Waals surface area contributed by atoms with Gasteiger partial charge < -0.3 is 10.1 Å². The molecular formula is C28H14F7IrNO2. The summed E-state index contributed by atoms with van der Waals surface area (Å²) >= 11 is 0. The smallest absolute Gasteiger partial charge is 0.504 e. The van der Waals surface area contributed by atoms with Gasteiger partial charge in [0, 0.05) is 20.1 Å². The van der Waals surface area contributed by atoms with Crippen LogP contribution in [0.2, 0.25) is 0 Å². The van der Waals surface area contributed by atoms with Crippen molar-refractivity contribution >= 4 is 59.8 Å². The Morgan fingerprint density at radius 2 is 1.36 bits per heavy atom. The third-order valence-electron chi connectivity index (χ3n) is 6.05. The van der Waals surface area contributed by atoms with Gasteiger partial charge in [-0.2, -0.15) is 26.3 Å². The van der Waals surface area contributed by atoms with Crippen LogP contribution in [-0.2, 0) is 20.1 Å². The Hall–Kier alpha value is -3.82. The van der Waals surface area contributed by atoms with E-state index in [0.717, 1.165) is 21.7 Å². The first-order valence-corrected chi connectivity index (χ1v) is 10.9. The Kier molecular flexibility index (Phi) is 7.27. The van der Waals surface area contributed by atoms with Gasteiger partial charge in [0.2, 0.25) is 5.76 Å². The number of rotatable bonds is 1. The molecule has 0 aliphatic carbocycles. The second kappa shape index (κ2) is 10.1. The van der Waals surface area contributed by atoms with Crippen molar-refractivity contribution in [3.8, 4) is 0 Å². The number of hydrogen-bond donors (Lipinski definition) is 1. The van der Waals surface area contributed by atoms with Crippen LogP contribution in [-0.4, -0.2) is 33.0 Å². The van der Waals surface area contributed by atoms with Gasteiger partial charge in [-0.15, -0.1) is 23.6 Å². The van der Waals surface area contributed by atoms with Crippen molar-refractivity contribution in [1.82, 2.24) is 4.98 Å². The standard InChI is InChI=1S/C23H11FN.C5H2F6O2.Ir/c24-13-11-20-18-9-3-7-16-14-5-1-2-6-15(14)17-8-4-10-19(22(17)21(16)18)23(20)25-12-13;6-4(7,8)2(12)1-3(13)5(9,10)11;/h1-9,11-12H;1,12H;/q-1;;/p+1/b;2-1-;. The molecule has 39 heavy (non-hydrogen) atoms. The van der Waals surface area contributed by atoms with E-state index in [2.05, 4.69) is 53.5 Å². The Morgan fingerprint density at radius 3 is 1.95 bits per heavy atom. The molecule has 0 spiro atoms. The number of pyridine rings is 1. The van der Waals surface area contributed by atoms with Gasteiger partial charge in [0.1, 0.15) is 5.82 Å². The summed E-state index contributed by atoms with van der Waals surface area (Å²) in [5, 5.41) is 18.0. The fourth-order valence-electron chi connectivity index (χ4n) is 4.53. The number of aliphatic hydroxyl groups is 1. The van der Waals surface area contributed by atoms with Crippen molar-refractivity contribution in [2.45, 2.75) is 12.4 Å². The number of allylic oxidation sites excluding steroid dienone is 2. The van der Waals surface area contributed by atoms with Crippen molar-refractivity contribution in [3.63, 3.8) is 0 Å². The maximum absolute atomic E-state index is 13.9. The molecule has 3 nitrogen and oxygen atoms in total. The summed E-state index contributed by atoms with van der Waals surface area (Å²) in [7, 11) is 0. The van der Waals surface area contributed by atoms with Gasteiger partial charge in [-0.25, -0.2) is 4.39 Å². The molecule has 0 fully saturated rings. The minimum absolute atomic E-state index is 0. The van der Waals surface area contributed by atoms with E-state index in [0.29, 0.717) is 0 Å². The first-order valence-electron chi connectivity index (χ1n) is 10.9. The largest absolute Gasteiger partial charge is 0.509 e. The predicted molar refractivity (Wildman–Crippen MR) is 132 cm³/mol. The van der Waals surface area contributed by atoms with Crippen LogP contribution in [0.5, 0.6) is 0 Å². The zero-order valence-corrected chi connectivity index (χ0v) is 21.6. The van der Waals surface area contributed by atoms with E-state index in [1.54, 1.807) is 6.07 Å². The van der Waals surface area contributed by atoms with E-state index < -0.39 is 30.0 Å². The number of aromatic nitrogens is 1. The van der Waals surface area contributed by atoms with E-state index in [1.165, 1.54) is 38.5 Å². The second-order valence-corrected chi connectivity index (χ2v) is 8.38. The number of alkyl halides is 6. The van der Waals surface area contributed by atoms with Crippen LogP contribution in [0.1, 0.15) is 0 Å². The summed E-state index contributed by atoms with van der Waals surface area (Å²) in [5.41, 5.74) is 0.808. The summed E-state index contributed by atoms with van der Waals surface area (Å²) in [5.74, 6) is -5.34. The molecule has 0 amide bonds. The van der Waals surface area contributed by atoms with Gasteiger partial charge in [-0.3, -0.25) is 4.79 Å². The maximum atomic E-state index is 13.9. The van der Waals surface area contributed by atoms with Crippen molar-refractivity contribution in [3.05, 3.63) is 90.6 Å². The molecule has 0 saturated carbocycles. The molecule has 1 aromatic heterocycles. The van der Waals surface area contributed by atoms with E-state index in [4.69, 9.17) is 9.90 Å². The van der Waals surface area contributed by atoms with E-state index in [-0.39, 0.29) is 25.9 Å². The molecule has 0 atom stereocenters. The van der Waals surface area contributed by atoms with Crippen LogP contribution in [0.3, 0.4) is 0 Å². The number of aliphatic hydroxyl groups excluding tert-OH is 1. The normalized spacial score (nSPS) is 12.6. The molecule has 0 bridgehead atoms. The number of ketones is 1. The van der Waals surface area contributed by atoms with Gasteiger partial charge in [0.15, 0.2) is 0 Å². The molecule has 11 heteroatoms. The summed E-state index contributed by atoms with van der Waals surface area (Å²) in [4.78, 5) is 12.4. The van der Waals surface area contributed by atoms with Crippen LogP contribution in [0.25, 0.3) is 54.0 Å². The van der Waals surface area contributed by atoms with Crippen LogP contribution in [0.15, 0.2) is 78.7 Å². The van der Waals surface area contributed by atoms with Crippen molar-refractivity contribution < 1.29 is 60.7 Å². The molecule has 201 valence electrons. The minimum Gasteiger partial charge on any atom is -0.504 e. The Labute approximate surface area is 228 Å². The van der Waals surface area contributed by atoms with Gasteiger partial charge in [-0.05, 0) is 43.9 Å². The zero-order chi connectivity index (χ0) is 27.4. The molecule has 0 aliphatic rings. The number of nitrogens with zero attached hydrogens (tertiary/aromatic N) is 1. The predicted octanol–water partition coefficient (Wildman–Crippen LogP) is 8.32. The van der Waals surface area contributed by atoms with Gasteiger partial charge >= 0.3 is 18.1 Å². The van der Waals surface area contributed by atoms with Crippen LogP contribution >= 0.6 is 0 Å². The van der Waals surface area contributed by atoms with E-state index in [9.17, 15) is 30.7 Å². The van der Waals surface area contributed by atoms with Crippen LogP contribution in [0, 0.1) is 11.9 Å². The quantitative estimate of drug-likeness (QED) is 0.0354. The first kappa shape index (κ1) is 28.2. The molecule has 5 aromatic carbocycles. The van der Waals surface area contributed by atoms with Crippen molar-refractivity contribution in [2.24, 2.45) is 0 Å². The molecule has 6 rings (SSSR count). The second-order valence-electron chi connectivity index (χ2n) is 8.38. The molecule has 2 N–H and O–H groups in total. The monoisotopic (exact) mass is 722 g/mol. The van der Waals surface area contributed by atoms with E-state index >= 15 is 0 Å². The zero-order valence-electron chi connectivity index (χ0n) is 19.2. The van der Waals surface area contributed by atoms with Crippen LogP contribution < -0.4 is 0 Å². The van der Waals surface area contributed by atoms with Gasteiger partial charge in [0.25, 0.3) is 0 Å². The Balaban J connectivity index is 0.000000219. The number of carbonyl (C=O) groups excluding carboxylic acids is 1. The molecule has 0 aliphatic heterocycles. The third-order valence-corrected chi connectivity index (χ3v) is 6.05. The SMILES string of the molecule is Fc1cnc2c3[c-]ccc4c5ccccc5c5cccc(c2c1)c5c34.O/C(=C\C(=[OH+])C(F)(F)F)C(F)(F)F.[Ir]. The summed E-state index contributed by atoms with van der Waals surface area (Å²) in [6.45, 7) is 0. The molecule has 0 saturated heterocycles. The van der Waals surface area contributed by atoms with Crippen molar-refractivity contribution in [1.29, 1.82) is 0 Å². The summed E-state index contributed by atoms with van der Waals surface area (Å²) in [6, 6.07) is 23.7. The Bertz CT molecular complexity index is 1900. The Morgan fingerprint density at radius 1 is 0.795 bits per heavy atom. The fraction of sp³-hybridized carbons (Fsp3) is 0.0714. The minimum atomic E-state index is -5.31. The van der Waals surface area contributed by atoms with Gasteiger partial charge in [0.05, 0.1) is 12.3 Å². The topological polar surface area (TPSA) is 54.5 Å². The number of halogens is 7. The van der Waals surface area contributed by atoms with Crippen molar-refractivity contribution in [2.75, 3.05) is 0 Å². The third kappa shape index (κ3) is 4.99. The number of benzene rings is 5. The van der Waals surface area contributed by atoms with E-state index in [1.807, 2.05) is 12.1 Å². The number of hydrogen-bond acceptors (Lipinski definition) is 2. The average Bonchev–Trinajstić information content (AvgIpc) is 2.87. The first-order chi connectivity index (χ1) is 17.9. The molecule has 0 unspecified atom stereocenters. The maximum Gasteiger partial charge on any atom is 0.509 e. The molecular weight excluding hydrogens is 708 g/mol. The van der Waals surface area contributed by atoms with Gasteiger partial charge in [-0.1, -0.05) is 53.2 Å².